The van der Waals surface area contributed by atoms with Crippen LogP contribution in [0.5, 0.6) is 0 Å². The minimum Gasteiger partial charge on any atom is -0.327 e. The number of halogens is 1. The summed E-state index contributed by atoms with van der Waals surface area (Å²) in [5, 5.41) is 0. The van der Waals surface area contributed by atoms with Gasteiger partial charge in [-0.1, -0.05) is 6.92 Å². The maximum atomic E-state index is 4.64. The van der Waals surface area contributed by atoms with E-state index in [9.17, 15) is 0 Å². The monoisotopic (exact) mass is 291 g/mol. The topological polar surface area (TPSA) is 30.7 Å². The minimum absolute atomic E-state index is 0.747. The van der Waals surface area contributed by atoms with E-state index in [4.69, 9.17) is 0 Å². The van der Waals surface area contributed by atoms with Crippen LogP contribution in [0, 0.1) is 5.92 Å². The normalized spacial score (nSPS) is 19.1. The largest absolute Gasteiger partial charge is 0.327 e. The van der Waals surface area contributed by atoms with E-state index in [-0.39, 0.29) is 0 Å². The predicted octanol–water partition coefficient (Wildman–Crippen LogP) is 3.29. The third kappa shape index (κ3) is 1.90. The van der Waals surface area contributed by atoms with Crippen molar-refractivity contribution in [1.29, 1.82) is 0 Å². The zero-order valence-electron chi connectivity index (χ0n) is 9.73. The van der Waals surface area contributed by atoms with Crippen LogP contribution >= 0.6 is 15.9 Å². The predicted molar refractivity (Wildman–Crippen MR) is 70.6 cm³/mol. The summed E-state index contributed by atoms with van der Waals surface area (Å²) in [5.74, 6) is 1.78. The van der Waals surface area contributed by atoms with Crippen LogP contribution in [0.15, 0.2) is 29.1 Å². The fourth-order valence-electron chi connectivity index (χ4n) is 2.39. The van der Waals surface area contributed by atoms with Crippen LogP contribution in [-0.2, 0) is 13.0 Å². The molecule has 3 rings (SSSR count). The van der Waals surface area contributed by atoms with Crippen molar-refractivity contribution in [3.8, 4) is 11.4 Å². The highest BCUT2D eigenvalue weighted by molar-refractivity contribution is 9.10. The van der Waals surface area contributed by atoms with Gasteiger partial charge >= 0.3 is 0 Å². The van der Waals surface area contributed by atoms with Crippen LogP contribution in [0.25, 0.3) is 11.4 Å². The highest BCUT2D eigenvalue weighted by atomic mass is 79.9. The zero-order chi connectivity index (χ0) is 11.8. The van der Waals surface area contributed by atoms with Gasteiger partial charge in [-0.05, 0) is 46.8 Å². The van der Waals surface area contributed by atoms with Crippen molar-refractivity contribution in [3.05, 3.63) is 34.8 Å². The summed E-state index contributed by atoms with van der Waals surface area (Å²) in [7, 11) is 0. The van der Waals surface area contributed by atoms with Crippen molar-refractivity contribution in [1.82, 2.24) is 14.5 Å². The average Bonchev–Trinajstić information content (AvgIpc) is 2.68. The van der Waals surface area contributed by atoms with Gasteiger partial charge in [0, 0.05) is 24.5 Å². The van der Waals surface area contributed by atoms with Crippen LogP contribution < -0.4 is 0 Å². The van der Waals surface area contributed by atoms with Crippen molar-refractivity contribution in [2.24, 2.45) is 5.92 Å². The van der Waals surface area contributed by atoms with Gasteiger partial charge in [0.25, 0.3) is 0 Å². The maximum absolute atomic E-state index is 4.64. The molecule has 1 unspecified atom stereocenters. The standard InChI is InChI=1S/C13H14BrN3/c1-9-4-6-17-11(7-9)12(14)16-13(17)10-3-2-5-15-8-10/h2-3,5,8-9H,4,6-7H2,1H3. The van der Waals surface area contributed by atoms with E-state index < -0.39 is 0 Å². The molecule has 4 heteroatoms. The molecule has 0 fully saturated rings. The first-order chi connectivity index (χ1) is 8.25. The van der Waals surface area contributed by atoms with Crippen LogP contribution in [-0.4, -0.2) is 14.5 Å². The summed E-state index contributed by atoms with van der Waals surface area (Å²) in [4.78, 5) is 8.80. The summed E-state index contributed by atoms with van der Waals surface area (Å²) < 4.78 is 3.31. The lowest BCUT2D eigenvalue weighted by atomic mass is 9.98. The second-order valence-electron chi connectivity index (χ2n) is 4.66. The van der Waals surface area contributed by atoms with E-state index in [1.54, 1.807) is 6.20 Å². The molecule has 1 atom stereocenters. The molecule has 0 amide bonds. The Morgan fingerprint density at radius 3 is 3.12 bits per heavy atom. The summed E-state index contributed by atoms with van der Waals surface area (Å²) in [5.41, 5.74) is 2.41. The highest BCUT2D eigenvalue weighted by Gasteiger charge is 2.22. The Morgan fingerprint density at radius 2 is 2.35 bits per heavy atom. The SMILES string of the molecule is CC1CCn2c(-c3cccnc3)nc(Br)c2C1. The van der Waals surface area contributed by atoms with Crippen molar-refractivity contribution in [3.63, 3.8) is 0 Å². The molecule has 0 saturated heterocycles. The molecule has 0 spiro atoms. The molecule has 88 valence electrons. The first kappa shape index (κ1) is 11.0. The number of pyridine rings is 1. The number of aromatic nitrogens is 3. The van der Waals surface area contributed by atoms with E-state index in [0.717, 1.165) is 34.9 Å². The average molecular weight is 292 g/mol. The summed E-state index contributed by atoms with van der Waals surface area (Å²) >= 11 is 3.58. The molecule has 2 aromatic heterocycles. The van der Waals surface area contributed by atoms with E-state index in [0.29, 0.717) is 0 Å². The smallest absolute Gasteiger partial charge is 0.143 e. The third-order valence-electron chi connectivity index (χ3n) is 3.33. The molecule has 2 aromatic rings. The number of fused-ring (bicyclic) bond motifs is 1. The third-order valence-corrected chi connectivity index (χ3v) is 3.97. The number of hydrogen-bond donors (Lipinski definition) is 0. The van der Waals surface area contributed by atoms with Gasteiger partial charge in [-0.25, -0.2) is 4.98 Å². The molecule has 3 heterocycles. The quantitative estimate of drug-likeness (QED) is 0.807. The van der Waals surface area contributed by atoms with Crippen LogP contribution in [0.1, 0.15) is 19.0 Å². The van der Waals surface area contributed by atoms with Crippen LogP contribution in [0.2, 0.25) is 0 Å². The van der Waals surface area contributed by atoms with Gasteiger partial charge in [-0.15, -0.1) is 0 Å². The fourth-order valence-corrected chi connectivity index (χ4v) is 2.93. The van der Waals surface area contributed by atoms with Gasteiger partial charge in [0.1, 0.15) is 10.4 Å². The first-order valence-electron chi connectivity index (χ1n) is 5.91. The molecular weight excluding hydrogens is 278 g/mol. The lowest BCUT2D eigenvalue weighted by Crippen LogP contribution is -2.17. The molecule has 1 aliphatic heterocycles. The highest BCUT2D eigenvalue weighted by Crippen LogP contribution is 2.31. The van der Waals surface area contributed by atoms with Crippen molar-refractivity contribution >= 4 is 15.9 Å². The van der Waals surface area contributed by atoms with Crippen molar-refractivity contribution in [2.45, 2.75) is 26.3 Å². The maximum Gasteiger partial charge on any atom is 0.143 e. The first-order valence-corrected chi connectivity index (χ1v) is 6.70. The van der Waals surface area contributed by atoms with Crippen LogP contribution in [0.4, 0.5) is 0 Å². The second kappa shape index (κ2) is 4.26. The van der Waals surface area contributed by atoms with E-state index in [2.05, 4.69) is 43.5 Å². The summed E-state index contributed by atoms with van der Waals surface area (Å²) in [6, 6.07) is 4.02. The second-order valence-corrected chi connectivity index (χ2v) is 5.42. The summed E-state index contributed by atoms with van der Waals surface area (Å²) in [6.07, 6.45) is 6.00. The van der Waals surface area contributed by atoms with E-state index in [1.165, 1.54) is 12.1 Å². The molecule has 3 nitrogen and oxygen atoms in total. The van der Waals surface area contributed by atoms with Gasteiger partial charge in [-0.3, -0.25) is 4.98 Å². The lowest BCUT2D eigenvalue weighted by Gasteiger charge is -2.22. The molecule has 17 heavy (non-hydrogen) atoms. The lowest BCUT2D eigenvalue weighted by molar-refractivity contribution is 0.418. The number of imidazole rings is 1. The molecule has 0 bridgehead atoms. The fraction of sp³-hybridized carbons (Fsp3) is 0.385. The van der Waals surface area contributed by atoms with Gasteiger partial charge in [0.15, 0.2) is 0 Å². The Hall–Kier alpha value is -1.16. The molecule has 0 radical (unpaired) electrons. The summed E-state index contributed by atoms with van der Waals surface area (Å²) in [6.45, 7) is 3.35. The molecular formula is C13H14BrN3. The van der Waals surface area contributed by atoms with Crippen molar-refractivity contribution < 1.29 is 0 Å². The van der Waals surface area contributed by atoms with Gasteiger partial charge < -0.3 is 4.57 Å². The zero-order valence-corrected chi connectivity index (χ0v) is 11.3. The Balaban J connectivity index is 2.11. The molecule has 0 aromatic carbocycles. The Kier molecular flexibility index (Phi) is 2.74. The Bertz CT molecular complexity index is 533. The Morgan fingerprint density at radius 1 is 1.47 bits per heavy atom. The molecule has 0 aliphatic carbocycles. The molecule has 1 aliphatic rings. The molecule has 0 saturated carbocycles. The van der Waals surface area contributed by atoms with E-state index >= 15 is 0 Å². The minimum atomic E-state index is 0.747. The molecule has 0 N–H and O–H groups in total. The number of nitrogens with zero attached hydrogens (tertiary/aromatic N) is 3. The number of rotatable bonds is 1. The van der Waals surface area contributed by atoms with E-state index in [1.807, 2.05) is 12.3 Å². The van der Waals surface area contributed by atoms with Gasteiger partial charge in [0.05, 0.1) is 5.69 Å². The van der Waals surface area contributed by atoms with Gasteiger partial charge in [-0.2, -0.15) is 0 Å². The van der Waals surface area contributed by atoms with Crippen LogP contribution in [0.3, 0.4) is 0 Å². The number of hydrogen-bond acceptors (Lipinski definition) is 2. The van der Waals surface area contributed by atoms with Gasteiger partial charge in [0.2, 0.25) is 0 Å². The Labute approximate surface area is 109 Å². The van der Waals surface area contributed by atoms with Crippen molar-refractivity contribution in [2.75, 3.05) is 0 Å².